The van der Waals surface area contributed by atoms with E-state index in [0.717, 1.165) is 47.6 Å². The van der Waals surface area contributed by atoms with E-state index in [4.69, 9.17) is 4.98 Å². The van der Waals surface area contributed by atoms with Crippen LogP contribution in [0.3, 0.4) is 0 Å². The second kappa shape index (κ2) is 9.06. The van der Waals surface area contributed by atoms with Crippen molar-refractivity contribution >= 4 is 11.9 Å². The summed E-state index contributed by atoms with van der Waals surface area (Å²) in [4.78, 5) is 26.2. The van der Waals surface area contributed by atoms with Gasteiger partial charge in [0.25, 0.3) is 0 Å². The Balaban J connectivity index is 1.61. The minimum atomic E-state index is -0.278. The van der Waals surface area contributed by atoms with Crippen LogP contribution in [0.25, 0.3) is 11.1 Å². The van der Waals surface area contributed by atoms with Crippen molar-refractivity contribution in [2.75, 3.05) is 32.1 Å². The van der Waals surface area contributed by atoms with Gasteiger partial charge in [0.1, 0.15) is 12.4 Å². The number of benzene rings is 1. The summed E-state index contributed by atoms with van der Waals surface area (Å²) >= 11 is 0. The van der Waals surface area contributed by atoms with E-state index in [2.05, 4.69) is 10.1 Å². The van der Waals surface area contributed by atoms with Crippen molar-refractivity contribution in [1.82, 2.24) is 24.6 Å². The summed E-state index contributed by atoms with van der Waals surface area (Å²) in [5.41, 5.74) is 4.55. The number of hydrogen-bond acceptors (Lipinski definition) is 5. The summed E-state index contributed by atoms with van der Waals surface area (Å²) in [6, 6.07) is 8.38. The molecule has 0 aliphatic carbocycles. The molecule has 1 amide bonds. The van der Waals surface area contributed by atoms with Gasteiger partial charge in [-0.1, -0.05) is 12.1 Å². The summed E-state index contributed by atoms with van der Waals surface area (Å²) in [5.74, 6) is 0.484. The third-order valence-corrected chi connectivity index (χ3v) is 5.91. The molecule has 0 unspecified atom stereocenters. The molecule has 2 aromatic heterocycles. The van der Waals surface area contributed by atoms with Crippen LogP contribution in [0, 0.1) is 19.7 Å². The minimum absolute atomic E-state index is 0.0612. The van der Waals surface area contributed by atoms with Crippen molar-refractivity contribution in [2.45, 2.75) is 39.2 Å². The fourth-order valence-corrected chi connectivity index (χ4v) is 4.25. The molecule has 168 valence electrons. The smallest absolute Gasteiger partial charge is 0.244 e. The highest BCUT2D eigenvalue weighted by atomic mass is 19.1. The average molecular weight is 437 g/mol. The fraction of sp³-hybridized carbons (Fsp3) is 0.417. The molecular weight excluding hydrogens is 407 g/mol. The number of nitrogens with zero attached hydrogens (tertiary/aromatic N) is 6. The molecule has 4 rings (SSSR count). The first-order valence-electron chi connectivity index (χ1n) is 10.9. The van der Waals surface area contributed by atoms with Crippen molar-refractivity contribution in [1.29, 1.82) is 0 Å². The zero-order chi connectivity index (χ0) is 22.8. The molecule has 0 saturated carbocycles. The Hall–Kier alpha value is -3.29. The van der Waals surface area contributed by atoms with Crippen molar-refractivity contribution in [3.05, 3.63) is 59.4 Å². The number of rotatable bonds is 5. The number of aryl methyl sites for hydroxylation is 2. The zero-order valence-electron chi connectivity index (χ0n) is 19.0. The maximum absolute atomic E-state index is 13.5. The molecule has 1 saturated heterocycles. The van der Waals surface area contributed by atoms with Gasteiger partial charge in [0.15, 0.2) is 0 Å². The number of anilines is 1. The van der Waals surface area contributed by atoms with Crippen molar-refractivity contribution in [2.24, 2.45) is 0 Å². The Labute approximate surface area is 187 Å². The van der Waals surface area contributed by atoms with Gasteiger partial charge in [-0.15, -0.1) is 0 Å². The number of aromatic nitrogens is 4. The van der Waals surface area contributed by atoms with Gasteiger partial charge in [0.2, 0.25) is 11.9 Å². The maximum atomic E-state index is 13.5. The molecule has 32 heavy (non-hydrogen) atoms. The van der Waals surface area contributed by atoms with Gasteiger partial charge < -0.3 is 9.80 Å². The van der Waals surface area contributed by atoms with E-state index in [1.165, 1.54) is 12.1 Å². The number of hydrogen-bond donors (Lipinski definition) is 0. The second-order valence-electron chi connectivity index (χ2n) is 8.63. The third kappa shape index (κ3) is 4.64. The van der Waals surface area contributed by atoms with E-state index in [-0.39, 0.29) is 24.2 Å². The molecule has 1 aliphatic rings. The SMILES string of the molecule is Cc1cc(C)n(CC(=O)N2CCC[C@H](c3nc(N(C)C)ncc3-c3ccc(F)cc3)C2)n1. The predicted molar refractivity (Wildman–Crippen MR) is 122 cm³/mol. The van der Waals surface area contributed by atoms with Gasteiger partial charge >= 0.3 is 0 Å². The molecule has 3 aromatic rings. The molecule has 3 heterocycles. The third-order valence-electron chi connectivity index (χ3n) is 5.91. The summed E-state index contributed by atoms with van der Waals surface area (Å²) in [6.45, 7) is 5.45. The van der Waals surface area contributed by atoms with Crippen LogP contribution in [0.15, 0.2) is 36.5 Å². The van der Waals surface area contributed by atoms with Crippen LogP contribution < -0.4 is 4.90 Å². The molecule has 1 atom stereocenters. The van der Waals surface area contributed by atoms with Gasteiger partial charge in [-0.05, 0) is 50.5 Å². The largest absolute Gasteiger partial charge is 0.347 e. The van der Waals surface area contributed by atoms with Gasteiger partial charge in [-0.3, -0.25) is 9.48 Å². The first-order valence-corrected chi connectivity index (χ1v) is 10.9. The summed E-state index contributed by atoms with van der Waals surface area (Å²) < 4.78 is 15.3. The monoisotopic (exact) mass is 436 g/mol. The van der Waals surface area contributed by atoms with E-state index in [0.29, 0.717) is 12.5 Å². The highest BCUT2D eigenvalue weighted by molar-refractivity contribution is 5.76. The summed E-state index contributed by atoms with van der Waals surface area (Å²) in [6.07, 6.45) is 3.64. The van der Waals surface area contributed by atoms with Crippen LogP contribution in [0.4, 0.5) is 10.3 Å². The van der Waals surface area contributed by atoms with Crippen LogP contribution in [-0.2, 0) is 11.3 Å². The highest BCUT2D eigenvalue weighted by Crippen LogP contribution is 2.34. The van der Waals surface area contributed by atoms with Crippen LogP contribution in [0.5, 0.6) is 0 Å². The van der Waals surface area contributed by atoms with Crippen LogP contribution in [0.2, 0.25) is 0 Å². The molecule has 0 N–H and O–H groups in total. The van der Waals surface area contributed by atoms with E-state index < -0.39 is 0 Å². The Morgan fingerprint density at radius 2 is 1.97 bits per heavy atom. The molecule has 1 aliphatic heterocycles. The van der Waals surface area contributed by atoms with Crippen LogP contribution in [-0.4, -0.2) is 57.7 Å². The standard InChI is InChI=1S/C24H29FN6O/c1-16-12-17(2)31(28-16)15-22(32)30-11-5-6-19(14-30)23-21(13-26-24(27-23)29(3)4)18-7-9-20(25)10-8-18/h7-10,12-13,19H,5-6,11,14-15H2,1-4H3/t19-/m0/s1. The van der Waals surface area contributed by atoms with Crippen LogP contribution in [0.1, 0.15) is 35.8 Å². The Morgan fingerprint density at radius 3 is 2.62 bits per heavy atom. The topological polar surface area (TPSA) is 67.2 Å². The first-order chi connectivity index (χ1) is 15.3. The van der Waals surface area contributed by atoms with E-state index in [1.807, 2.05) is 50.0 Å². The molecular formula is C24H29FN6O. The molecule has 0 radical (unpaired) electrons. The maximum Gasteiger partial charge on any atom is 0.244 e. The number of carbonyl (C=O) groups is 1. The lowest BCUT2D eigenvalue weighted by Crippen LogP contribution is -2.41. The zero-order valence-corrected chi connectivity index (χ0v) is 19.0. The fourth-order valence-electron chi connectivity index (χ4n) is 4.25. The van der Waals surface area contributed by atoms with Gasteiger partial charge in [0, 0.05) is 50.6 Å². The molecule has 8 heteroatoms. The lowest BCUT2D eigenvalue weighted by atomic mass is 9.90. The van der Waals surface area contributed by atoms with E-state index >= 15 is 0 Å². The van der Waals surface area contributed by atoms with Gasteiger partial charge in [-0.25, -0.2) is 14.4 Å². The molecule has 7 nitrogen and oxygen atoms in total. The average Bonchev–Trinajstić information content (AvgIpc) is 3.10. The number of carbonyl (C=O) groups excluding carboxylic acids is 1. The number of piperidine rings is 1. The van der Waals surface area contributed by atoms with Gasteiger partial charge in [0.05, 0.1) is 11.4 Å². The Kier molecular flexibility index (Phi) is 6.21. The predicted octanol–water partition coefficient (Wildman–Crippen LogP) is 3.57. The second-order valence-corrected chi connectivity index (χ2v) is 8.63. The number of amides is 1. The molecule has 0 bridgehead atoms. The Bertz CT molecular complexity index is 1110. The minimum Gasteiger partial charge on any atom is -0.347 e. The van der Waals surface area contributed by atoms with Crippen molar-refractivity contribution < 1.29 is 9.18 Å². The number of halogens is 1. The molecule has 1 fully saturated rings. The Morgan fingerprint density at radius 1 is 1.22 bits per heavy atom. The lowest BCUT2D eigenvalue weighted by molar-refractivity contribution is -0.133. The summed E-state index contributed by atoms with van der Waals surface area (Å²) in [5, 5.41) is 4.43. The first kappa shape index (κ1) is 21.9. The lowest BCUT2D eigenvalue weighted by Gasteiger charge is -2.33. The number of likely N-dealkylation sites (tertiary alicyclic amines) is 1. The highest BCUT2D eigenvalue weighted by Gasteiger charge is 2.28. The van der Waals surface area contributed by atoms with Gasteiger partial charge in [-0.2, -0.15) is 5.10 Å². The summed E-state index contributed by atoms with van der Waals surface area (Å²) in [7, 11) is 3.81. The molecule has 1 aromatic carbocycles. The van der Waals surface area contributed by atoms with E-state index in [9.17, 15) is 9.18 Å². The van der Waals surface area contributed by atoms with Crippen LogP contribution >= 0.6 is 0 Å². The van der Waals surface area contributed by atoms with Crippen molar-refractivity contribution in [3.63, 3.8) is 0 Å². The van der Waals surface area contributed by atoms with E-state index in [1.54, 1.807) is 16.8 Å². The normalized spacial score (nSPS) is 16.3. The quantitative estimate of drug-likeness (QED) is 0.612. The molecule has 0 spiro atoms. The van der Waals surface area contributed by atoms with Crippen molar-refractivity contribution in [3.8, 4) is 11.1 Å².